The number of ether oxygens (including phenoxy) is 3. The van der Waals surface area contributed by atoms with Crippen LogP contribution in [0.2, 0.25) is 0 Å². The molecule has 1 atom stereocenters. The van der Waals surface area contributed by atoms with Crippen LogP contribution in [0.5, 0.6) is 0 Å². The molecule has 0 aliphatic rings. The molecular formula is C19H27NO6. The van der Waals surface area contributed by atoms with Crippen molar-refractivity contribution in [3.63, 3.8) is 0 Å². The van der Waals surface area contributed by atoms with Gasteiger partial charge in [0, 0.05) is 0 Å². The Morgan fingerprint density at radius 2 is 1.62 bits per heavy atom. The number of hydrogen-bond acceptors (Lipinski definition) is 6. The first-order valence-corrected chi connectivity index (χ1v) is 8.37. The second kappa shape index (κ2) is 9.22. The summed E-state index contributed by atoms with van der Waals surface area (Å²) >= 11 is 0. The molecule has 144 valence electrons. The maximum atomic E-state index is 12.6. The summed E-state index contributed by atoms with van der Waals surface area (Å²) in [4.78, 5) is 38.0. The highest BCUT2D eigenvalue weighted by Crippen LogP contribution is 2.19. The fourth-order valence-electron chi connectivity index (χ4n) is 2.20. The minimum Gasteiger partial charge on any atom is -0.467 e. The van der Waals surface area contributed by atoms with Gasteiger partial charge in [-0.1, -0.05) is 44.2 Å². The van der Waals surface area contributed by atoms with Gasteiger partial charge in [-0.3, -0.25) is 0 Å². The number of rotatable bonds is 5. The number of methoxy groups -OCH3 is 1. The van der Waals surface area contributed by atoms with Gasteiger partial charge in [-0.2, -0.15) is 4.90 Å². The maximum Gasteiger partial charge on any atom is 0.420 e. The highest BCUT2D eigenvalue weighted by Gasteiger charge is 2.41. The average Bonchev–Trinajstić information content (AvgIpc) is 2.55. The molecule has 0 N–H and O–H groups in total. The van der Waals surface area contributed by atoms with E-state index in [1.807, 2.05) is 6.07 Å². The topological polar surface area (TPSA) is 82.1 Å². The van der Waals surface area contributed by atoms with E-state index in [1.165, 1.54) is 7.11 Å². The van der Waals surface area contributed by atoms with Crippen molar-refractivity contribution in [2.75, 3.05) is 7.11 Å². The van der Waals surface area contributed by atoms with Crippen LogP contribution in [-0.4, -0.2) is 41.8 Å². The lowest BCUT2D eigenvalue weighted by molar-refractivity contribution is -0.148. The van der Waals surface area contributed by atoms with E-state index in [0.29, 0.717) is 4.90 Å². The first-order valence-electron chi connectivity index (χ1n) is 8.37. The van der Waals surface area contributed by atoms with Crippen LogP contribution in [0, 0.1) is 5.92 Å². The third-order valence-electron chi connectivity index (χ3n) is 3.34. The molecule has 2 amide bonds. The Morgan fingerprint density at radius 1 is 1.04 bits per heavy atom. The highest BCUT2D eigenvalue weighted by molar-refractivity contribution is 5.94. The maximum absolute atomic E-state index is 12.6. The van der Waals surface area contributed by atoms with Crippen molar-refractivity contribution in [1.82, 2.24) is 4.90 Å². The molecule has 7 heteroatoms. The number of carbonyl (C=O) groups excluding carboxylic acids is 3. The number of nitrogens with zero attached hydrogens (tertiary/aromatic N) is 1. The third-order valence-corrected chi connectivity index (χ3v) is 3.34. The molecule has 0 aliphatic carbocycles. The smallest absolute Gasteiger partial charge is 0.420 e. The standard InChI is InChI=1S/C19H27NO6/c1-13(2)15(16(21)24-6)20(18(23)26-19(3,4)5)17(22)25-12-14-10-8-7-9-11-14/h7-11,13,15H,12H2,1-6H3/t15-/m0/s1. The van der Waals surface area contributed by atoms with Gasteiger partial charge in [0.1, 0.15) is 18.2 Å². The molecule has 0 fully saturated rings. The summed E-state index contributed by atoms with van der Waals surface area (Å²) in [5.74, 6) is -1.11. The molecule has 0 aromatic heterocycles. The molecule has 0 bridgehead atoms. The van der Waals surface area contributed by atoms with Crippen LogP contribution in [0.25, 0.3) is 0 Å². The molecule has 1 aromatic rings. The quantitative estimate of drug-likeness (QED) is 0.584. The van der Waals surface area contributed by atoms with Crippen molar-refractivity contribution >= 4 is 18.2 Å². The van der Waals surface area contributed by atoms with Gasteiger partial charge in [-0.15, -0.1) is 0 Å². The van der Waals surface area contributed by atoms with E-state index in [9.17, 15) is 14.4 Å². The first kappa shape index (κ1) is 21.5. The molecular weight excluding hydrogens is 338 g/mol. The number of hydrogen-bond donors (Lipinski definition) is 0. The zero-order chi connectivity index (χ0) is 19.9. The summed E-state index contributed by atoms with van der Waals surface area (Å²) in [5.41, 5.74) is -0.0867. The number of amides is 2. The molecule has 26 heavy (non-hydrogen) atoms. The summed E-state index contributed by atoms with van der Waals surface area (Å²) in [6.45, 7) is 8.36. The van der Waals surface area contributed by atoms with E-state index in [0.717, 1.165) is 5.56 Å². The van der Waals surface area contributed by atoms with Gasteiger partial charge in [0.25, 0.3) is 0 Å². The lowest BCUT2D eigenvalue weighted by Gasteiger charge is -2.31. The molecule has 0 saturated carbocycles. The summed E-state index contributed by atoms with van der Waals surface area (Å²) in [7, 11) is 1.19. The number of imide groups is 1. The summed E-state index contributed by atoms with van der Waals surface area (Å²) in [6.07, 6.45) is -1.92. The first-order chi connectivity index (χ1) is 12.1. The monoisotopic (exact) mass is 365 g/mol. The van der Waals surface area contributed by atoms with Gasteiger partial charge in [0.05, 0.1) is 7.11 Å². The van der Waals surface area contributed by atoms with Crippen LogP contribution < -0.4 is 0 Å². The van der Waals surface area contributed by atoms with E-state index in [1.54, 1.807) is 58.9 Å². The van der Waals surface area contributed by atoms with E-state index < -0.39 is 29.8 Å². The van der Waals surface area contributed by atoms with Crippen LogP contribution in [0.3, 0.4) is 0 Å². The molecule has 0 heterocycles. The zero-order valence-electron chi connectivity index (χ0n) is 16.1. The minimum absolute atomic E-state index is 0.0367. The van der Waals surface area contributed by atoms with E-state index in [2.05, 4.69) is 0 Å². The molecule has 0 saturated heterocycles. The van der Waals surface area contributed by atoms with Crippen molar-refractivity contribution in [3.8, 4) is 0 Å². The SMILES string of the molecule is COC(=O)[C@H](C(C)C)N(C(=O)OCc1ccccc1)C(=O)OC(C)(C)C. The van der Waals surface area contributed by atoms with Gasteiger partial charge in [0.15, 0.2) is 0 Å². The van der Waals surface area contributed by atoms with Crippen LogP contribution in [0.4, 0.5) is 9.59 Å². The summed E-state index contributed by atoms with van der Waals surface area (Å²) in [6, 6.07) is 7.86. The Kier molecular flexibility index (Phi) is 7.61. The van der Waals surface area contributed by atoms with Crippen molar-refractivity contribution in [1.29, 1.82) is 0 Å². The fourth-order valence-corrected chi connectivity index (χ4v) is 2.20. The minimum atomic E-state index is -1.15. The van der Waals surface area contributed by atoms with Crippen LogP contribution >= 0.6 is 0 Å². The Balaban J connectivity index is 3.06. The average molecular weight is 365 g/mol. The predicted octanol–water partition coefficient (Wildman–Crippen LogP) is 3.76. The van der Waals surface area contributed by atoms with Gasteiger partial charge in [0.2, 0.25) is 0 Å². The number of carbonyl (C=O) groups is 3. The Hall–Kier alpha value is -2.57. The summed E-state index contributed by atoms with van der Waals surface area (Å²) in [5, 5.41) is 0. The predicted molar refractivity (Wildman–Crippen MR) is 95.3 cm³/mol. The highest BCUT2D eigenvalue weighted by atomic mass is 16.6. The molecule has 0 spiro atoms. The van der Waals surface area contributed by atoms with Crippen molar-refractivity contribution in [3.05, 3.63) is 35.9 Å². The second-order valence-electron chi connectivity index (χ2n) is 7.10. The molecule has 0 unspecified atom stereocenters. The van der Waals surface area contributed by atoms with Gasteiger partial charge in [-0.05, 0) is 32.3 Å². The van der Waals surface area contributed by atoms with Crippen LogP contribution in [0.1, 0.15) is 40.2 Å². The molecule has 0 aliphatic heterocycles. The fraction of sp³-hybridized carbons (Fsp3) is 0.526. The Morgan fingerprint density at radius 3 is 2.08 bits per heavy atom. The van der Waals surface area contributed by atoms with E-state index >= 15 is 0 Å². The van der Waals surface area contributed by atoms with Gasteiger partial charge in [-0.25, -0.2) is 14.4 Å². The van der Waals surface area contributed by atoms with Crippen LogP contribution in [0.15, 0.2) is 30.3 Å². The normalized spacial score (nSPS) is 12.3. The second-order valence-corrected chi connectivity index (χ2v) is 7.10. The molecule has 1 rings (SSSR count). The third kappa shape index (κ3) is 6.38. The lowest BCUT2D eigenvalue weighted by Crippen LogP contribution is -2.53. The van der Waals surface area contributed by atoms with Crippen molar-refractivity contribution in [2.45, 2.75) is 52.9 Å². The van der Waals surface area contributed by atoms with Crippen molar-refractivity contribution in [2.24, 2.45) is 5.92 Å². The lowest BCUT2D eigenvalue weighted by atomic mass is 10.0. The zero-order valence-corrected chi connectivity index (χ0v) is 16.1. The molecule has 1 aromatic carbocycles. The Labute approximate surface area is 154 Å². The number of benzene rings is 1. The van der Waals surface area contributed by atoms with E-state index in [4.69, 9.17) is 14.2 Å². The van der Waals surface area contributed by atoms with Gasteiger partial charge >= 0.3 is 18.2 Å². The number of esters is 1. The van der Waals surface area contributed by atoms with Crippen LogP contribution in [-0.2, 0) is 25.6 Å². The molecule has 7 nitrogen and oxygen atoms in total. The summed E-state index contributed by atoms with van der Waals surface area (Å²) < 4.78 is 15.3. The van der Waals surface area contributed by atoms with Crippen molar-refractivity contribution < 1.29 is 28.6 Å². The molecule has 0 radical (unpaired) electrons. The van der Waals surface area contributed by atoms with E-state index in [-0.39, 0.29) is 12.5 Å². The Bertz CT molecular complexity index is 621. The largest absolute Gasteiger partial charge is 0.467 e. The van der Waals surface area contributed by atoms with Gasteiger partial charge < -0.3 is 14.2 Å².